The quantitative estimate of drug-likeness (QED) is 0.169. The Morgan fingerprint density at radius 3 is 1.61 bits per heavy atom. The summed E-state index contributed by atoms with van der Waals surface area (Å²) in [5, 5.41) is 0. The Bertz CT molecular complexity index is 2440. The van der Waals surface area contributed by atoms with Gasteiger partial charge in [0.15, 0.2) is 0 Å². The van der Waals surface area contributed by atoms with Gasteiger partial charge in [-0.25, -0.2) is 0 Å². The topological polar surface area (TPSA) is 6.48 Å². The fourth-order valence-electron chi connectivity index (χ4n) is 9.50. The van der Waals surface area contributed by atoms with Gasteiger partial charge in [-0.15, -0.1) is 0 Å². The summed E-state index contributed by atoms with van der Waals surface area (Å²) in [6, 6.07) is 54.1. The smallest absolute Gasteiger partial charge is 0.251 e. The largest absolute Gasteiger partial charge is 0.314 e. The van der Waals surface area contributed by atoms with Gasteiger partial charge in [-0.05, 0) is 80.2 Å². The highest BCUT2D eigenvalue weighted by molar-refractivity contribution is 6.95. The highest BCUT2D eigenvalue weighted by atomic mass is 15.2. The summed E-state index contributed by atoms with van der Waals surface area (Å²) in [7, 11) is 0. The molecule has 2 atom stereocenters. The van der Waals surface area contributed by atoms with Crippen molar-refractivity contribution >= 4 is 46.1 Å². The predicted octanol–water partition coefficient (Wildman–Crippen LogP) is 12.5. The molecule has 0 aromatic heterocycles. The van der Waals surface area contributed by atoms with Crippen LogP contribution in [0.4, 0.5) is 28.4 Å². The summed E-state index contributed by atoms with van der Waals surface area (Å²) in [6.07, 6.45) is 5.03. The van der Waals surface area contributed by atoms with Crippen LogP contribution in [-0.4, -0.2) is 6.71 Å². The molecule has 0 saturated carbocycles. The lowest BCUT2D eigenvalue weighted by molar-refractivity contribution is 0.235. The van der Waals surface area contributed by atoms with Crippen LogP contribution in [0.25, 0.3) is 22.3 Å². The molecule has 1 aliphatic carbocycles. The normalized spacial score (nSPS) is 17.6. The van der Waals surface area contributed by atoms with Crippen LogP contribution in [0.2, 0.25) is 0 Å². The maximum Gasteiger partial charge on any atom is 0.251 e. The van der Waals surface area contributed by atoms with E-state index in [-0.39, 0.29) is 17.5 Å². The molecule has 6 aromatic carbocycles. The molecule has 3 heteroatoms. The minimum Gasteiger partial charge on any atom is -0.314 e. The van der Waals surface area contributed by atoms with Gasteiger partial charge in [0.05, 0.1) is 11.4 Å². The standard InChI is InChI=1S/C51H49BN2/c1-34-40(51(5,6)7)30-32-42-49(34)54(44-26-17-15-24-39(44)36-21-12-9-13-22-36)46-28-18-27-45-48(46)52(42)41-31-29-37(50(2,3)4)33-47(41)53(45)43-25-16-14-23-38(43)35-19-10-8-11-20-35/h8-34,40H,1-7H3/t34?,40-/m0/s1. The SMILES string of the molecule is CC1C2=C(C=C[C@@H]1C(C)(C)C)B1c3ccc(C(C)(C)C)cc3N(c3ccccc3-c3ccccc3)c3cccc(c31)N2c1ccccc1-c1ccccc1. The van der Waals surface area contributed by atoms with Gasteiger partial charge in [0.25, 0.3) is 6.71 Å². The zero-order valence-electron chi connectivity index (χ0n) is 32.6. The van der Waals surface area contributed by atoms with E-state index in [1.165, 1.54) is 78.3 Å². The fraction of sp³-hybridized carbons (Fsp3) is 0.216. The van der Waals surface area contributed by atoms with Gasteiger partial charge >= 0.3 is 0 Å². The van der Waals surface area contributed by atoms with Crippen LogP contribution in [0, 0.1) is 17.3 Å². The van der Waals surface area contributed by atoms with Crippen LogP contribution in [0.15, 0.2) is 169 Å². The molecule has 2 heterocycles. The molecule has 0 radical (unpaired) electrons. The molecule has 0 saturated heterocycles. The van der Waals surface area contributed by atoms with Crippen molar-refractivity contribution in [3.63, 3.8) is 0 Å². The Balaban J connectivity index is 1.38. The molecule has 2 aliphatic heterocycles. The van der Waals surface area contributed by atoms with Crippen molar-refractivity contribution < 1.29 is 0 Å². The summed E-state index contributed by atoms with van der Waals surface area (Å²) < 4.78 is 0. The van der Waals surface area contributed by atoms with Crippen molar-refractivity contribution in [1.82, 2.24) is 0 Å². The molecule has 266 valence electrons. The molecule has 6 aromatic rings. The van der Waals surface area contributed by atoms with E-state index < -0.39 is 0 Å². The molecule has 0 bridgehead atoms. The molecule has 0 fully saturated rings. The molecule has 9 rings (SSSR count). The first-order valence-corrected chi connectivity index (χ1v) is 19.6. The van der Waals surface area contributed by atoms with Crippen molar-refractivity contribution in [2.75, 3.05) is 9.80 Å². The maximum absolute atomic E-state index is 2.65. The minimum absolute atomic E-state index is 0.00407. The summed E-state index contributed by atoms with van der Waals surface area (Å²) in [6.45, 7) is 16.7. The summed E-state index contributed by atoms with van der Waals surface area (Å²) in [4.78, 5) is 5.22. The van der Waals surface area contributed by atoms with Crippen LogP contribution >= 0.6 is 0 Å². The van der Waals surface area contributed by atoms with E-state index in [9.17, 15) is 0 Å². The van der Waals surface area contributed by atoms with Crippen molar-refractivity contribution in [3.8, 4) is 22.3 Å². The third kappa shape index (κ3) is 5.47. The van der Waals surface area contributed by atoms with Gasteiger partial charge in [-0.2, -0.15) is 0 Å². The Morgan fingerprint density at radius 2 is 1.04 bits per heavy atom. The summed E-state index contributed by atoms with van der Waals surface area (Å²) in [5.74, 6) is 0.674. The van der Waals surface area contributed by atoms with Gasteiger partial charge in [0, 0.05) is 39.8 Å². The number of rotatable bonds is 4. The molecular formula is C51H49BN2. The number of anilines is 5. The number of nitrogens with zero attached hydrogens (tertiary/aromatic N) is 2. The lowest BCUT2D eigenvalue weighted by atomic mass is 9.32. The van der Waals surface area contributed by atoms with E-state index in [4.69, 9.17) is 0 Å². The molecule has 2 nitrogen and oxygen atoms in total. The maximum atomic E-state index is 2.65. The van der Waals surface area contributed by atoms with Gasteiger partial charge in [-0.1, -0.05) is 176 Å². The highest BCUT2D eigenvalue weighted by Gasteiger charge is 2.48. The number of allylic oxidation sites excluding steroid dienone is 4. The molecule has 0 N–H and O–H groups in total. The molecule has 0 spiro atoms. The van der Waals surface area contributed by atoms with Crippen LogP contribution in [0.5, 0.6) is 0 Å². The van der Waals surface area contributed by atoms with Crippen LogP contribution < -0.4 is 20.7 Å². The van der Waals surface area contributed by atoms with E-state index in [1.54, 1.807) is 0 Å². The van der Waals surface area contributed by atoms with Crippen LogP contribution in [0.1, 0.15) is 54.0 Å². The Kier molecular flexibility index (Phi) is 8.12. The first-order chi connectivity index (χ1) is 26.0. The second kappa shape index (κ2) is 12.8. The third-order valence-corrected chi connectivity index (χ3v) is 12.0. The van der Waals surface area contributed by atoms with Gasteiger partial charge in [0.2, 0.25) is 0 Å². The van der Waals surface area contributed by atoms with E-state index >= 15 is 0 Å². The Hall–Kier alpha value is -5.54. The first kappa shape index (κ1) is 34.2. The zero-order valence-corrected chi connectivity index (χ0v) is 32.6. The van der Waals surface area contributed by atoms with Gasteiger partial charge < -0.3 is 9.80 Å². The lowest BCUT2D eigenvalue weighted by Crippen LogP contribution is -2.57. The molecule has 3 aliphatic rings. The second-order valence-electron chi connectivity index (χ2n) is 17.5. The predicted molar refractivity (Wildman–Crippen MR) is 233 cm³/mol. The van der Waals surface area contributed by atoms with Gasteiger partial charge in [0.1, 0.15) is 0 Å². The average molecular weight is 701 g/mol. The number of para-hydroxylation sites is 2. The molecule has 54 heavy (non-hydrogen) atoms. The van der Waals surface area contributed by atoms with Crippen molar-refractivity contribution in [1.29, 1.82) is 0 Å². The zero-order chi connectivity index (χ0) is 37.4. The van der Waals surface area contributed by atoms with Crippen LogP contribution in [0.3, 0.4) is 0 Å². The third-order valence-electron chi connectivity index (χ3n) is 12.0. The number of hydrogen-bond donors (Lipinski definition) is 0. The average Bonchev–Trinajstić information content (AvgIpc) is 3.18. The van der Waals surface area contributed by atoms with E-state index in [1.807, 2.05) is 0 Å². The van der Waals surface area contributed by atoms with E-state index in [0.717, 1.165) is 0 Å². The van der Waals surface area contributed by atoms with Gasteiger partial charge in [-0.3, -0.25) is 0 Å². The summed E-state index contributed by atoms with van der Waals surface area (Å²) in [5.41, 5.74) is 18.1. The molecule has 1 unspecified atom stereocenters. The first-order valence-electron chi connectivity index (χ1n) is 19.6. The highest BCUT2D eigenvalue weighted by Crippen LogP contribution is 2.52. The minimum atomic E-state index is -0.00407. The Labute approximate surface area is 322 Å². The van der Waals surface area contributed by atoms with Crippen molar-refractivity contribution in [3.05, 3.63) is 174 Å². The van der Waals surface area contributed by atoms with E-state index in [2.05, 4.69) is 216 Å². The van der Waals surface area contributed by atoms with Crippen molar-refractivity contribution in [2.45, 2.75) is 53.9 Å². The number of benzene rings is 6. The molecular weight excluding hydrogens is 651 g/mol. The fourth-order valence-corrected chi connectivity index (χ4v) is 9.50. The van der Waals surface area contributed by atoms with Crippen LogP contribution in [-0.2, 0) is 5.41 Å². The monoisotopic (exact) mass is 700 g/mol. The number of hydrogen-bond acceptors (Lipinski definition) is 2. The van der Waals surface area contributed by atoms with E-state index in [0.29, 0.717) is 11.8 Å². The van der Waals surface area contributed by atoms with Crippen molar-refractivity contribution in [2.24, 2.45) is 17.3 Å². The Morgan fingerprint density at radius 1 is 0.519 bits per heavy atom. The number of fused-ring (bicyclic) bond motifs is 3. The summed E-state index contributed by atoms with van der Waals surface area (Å²) >= 11 is 0. The lowest BCUT2D eigenvalue weighted by Gasteiger charge is -2.50. The second-order valence-corrected chi connectivity index (χ2v) is 17.5. The molecule has 0 amide bonds.